The first-order valence-corrected chi connectivity index (χ1v) is 4.70. The van der Waals surface area contributed by atoms with Gasteiger partial charge in [-0.3, -0.25) is 4.79 Å². The maximum absolute atomic E-state index is 12.1. The summed E-state index contributed by atoms with van der Waals surface area (Å²) in [4.78, 5) is 12.3. The molecule has 2 nitrogen and oxygen atoms in total. The Morgan fingerprint density at radius 2 is 2.00 bits per heavy atom. The van der Waals surface area contributed by atoms with Gasteiger partial charge in [-0.05, 0) is 24.7 Å². The average Bonchev–Trinajstić information content (AvgIpc) is 2.45. The summed E-state index contributed by atoms with van der Waals surface area (Å²) >= 11 is 0. The molecule has 2 fully saturated rings. The van der Waals surface area contributed by atoms with Crippen LogP contribution in [0.5, 0.6) is 0 Å². The number of nitrogens with zero attached hydrogens (tertiary/aromatic N) is 1. The van der Waals surface area contributed by atoms with Gasteiger partial charge in [-0.2, -0.15) is 8.78 Å². The van der Waals surface area contributed by atoms with Crippen LogP contribution in [0.4, 0.5) is 8.78 Å². The van der Waals surface area contributed by atoms with Gasteiger partial charge >= 0.3 is 6.43 Å². The van der Waals surface area contributed by atoms with E-state index in [1.165, 1.54) is 11.3 Å². The van der Waals surface area contributed by atoms with Crippen molar-refractivity contribution in [1.29, 1.82) is 0 Å². The quantitative estimate of drug-likeness (QED) is 0.614. The van der Waals surface area contributed by atoms with Gasteiger partial charge in [-0.15, -0.1) is 0 Å². The number of hydrogen-bond acceptors (Lipinski definition) is 1. The molecule has 13 heavy (non-hydrogen) atoms. The van der Waals surface area contributed by atoms with Crippen LogP contribution in [0.25, 0.3) is 0 Å². The zero-order valence-electron chi connectivity index (χ0n) is 7.43. The maximum atomic E-state index is 12.1. The Balaban J connectivity index is 1.94. The molecular weight excluding hydrogens is 176 g/mol. The monoisotopic (exact) mass is 189 g/mol. The number of carbonyl (C=O) groups is 1. The second-order valence-corrected chi connectivity index (χ2v) is 4.16. The van der Waals surface area contributed by atoms with Crippen molar-refractivity contribution in [3.05, 3.63) is 0 Å². The fraction of sp³-hybridized carbons (Fsp3) is 0.889. The minimum absolute atomic E-state index is 0.227. The lowest BCUT2D eigenvalue weighted by molar-refractivity contribution is -0.142. The van der Waals surface area contributed by atoms with Crippen LogP contribution in [0, 0.1) is 5.41 Å². The van der Waals surface area contributed by atoms with Gasteiger partial charge in [0.15, 0.2) is 0 Å². The van der Waals surface area contributed by atoms with Crippen LogP contribution in [0.3, 0.4) is 0 Å². The van der Waals surface area contributed by atoms with Crippen molar-refractivity contribution < 1.29 is 13.6 Å². The van der Waals surface area contributed by atoms with Crippen molar-refractivity contribution in [2.45, 2.75) is 32.1 Å². The Morgan fingerprint density at radius 1 is 1.31 bits per heavy atom. The molecule has 1 amide bonds. The van der Waals surface area contributed by atoms with Crippen LogP contribution in [-0.4, -0.2) is 30.3 Å². The summed E-state index contributed by atoms with van der Waals surface area (Å²) in [5.41, 5.74) is 0.227. The summed E-state index contributed by atoms with van der Waals surface area (Å²) in [6, 6.07) is 0. The standard InChI is InChI=1S/C9H13F2NO/c10-7(11)8(13)12-5-4-9(6-12)2-1-3-9/h7H,1-6H2. The normalized spacial score (nSPS) is 25.3. The third-order valence-electron chi connectivity index (χ3n) is 3.35. The number of hydrogen-bond donors (Lipinski definition) is 0. The lowest BCUT2D eigenvalue weighted by Crippen LogP contribution is -2.38. The molecule has 0 N–H and O–H groups in total. The number of amides is 1. The van der Waals surface area contributed by atoms with Gasteiger partial charge in [0.1, 0.15) is 0 Å². The Morgan fingerprint density at radius 3 is 2.38 bits per heavy atom. The van der Waals surface area contributed by atoms with E-state index >= 15 is 0 Å². The lowest BCUT2D eigenvalue weighted by atomic mass is 9.68. The van der Waals surface area contributed by atoms with E-state index in [2.05, 4.69) is 0 Å². The Kier molecular flexibility index (Phi) is 2.00. The molecule has 1 aliphatic carbocycles. The maximum Gasteiger partial charge on any atom is 0.315 e. The molecule has 2 aliphatic rings. The van der Waals surface area contributed by atoms with Crippen LogP contribution < -0.4 is 0 Å². The zero-order valence-corrected chi connectivity index (χ0v) is 7.43. The first-order valence-electron chi connectivity index (χ1n) is 4.70. The van der Waals surface area contributed by atoms with Gasteiger partial charge in [0.2, 0.25) is 0 Å². The van der Waals surface area contributed by atoms with E-state index < -0.39 is 12.3 Å². The highest BCUT2D eigenvalue weighted by atomic mass is 19.3. The van der Waals surface area contributed by atoms with Crippen molar-refractivity contribution in [1.82, 2.24) is 4.90 Å². The minimum Gasteiger partial charge on any atom is -0.337 e. The van der Waals surface area contributed by atoms with Crippen molar-refractivity contribution in [2.24, 2.45) is 5.41 Å². The second kappa shape index (κ2) is 2.93. The summed E-state index contributed by atoms with van der Waals surface area (Å²) in [6.45, 7) is 1.10. The minimum atomic E-state index is -2.82. The molecule has 0 aromatic carbocycles. The van der Waals surface area contributed by atoms with Gasteiger partial charge < -0.3 is 4.90 Å². The van der Waals surface area contributed by atoms with E-state index in [9.17, 15) is 13.6 Å². The molecule has 0 atom stereocenters. The Bertz CT molecular complexity index is 226. The number of halogens is 2. The largest absolute Gasteiger partial charge is 0.337 e. The zero-order chi connectivity index (χ0) is 9.47. The lowest BCUT2D eigenvalue weighted by Gasteiger charge is -2.37. The van der Waals surface area contributed by atoms with E-state index in [-0.39, 0.29) is 5.41 Å². The third kappa shape index (κ3) is 1.42. The molecule has 74 valence electrons. The molecule has 1 spiro atoms. The van der Waals surface area contributed by atoms with E-state index in [4.69, 9.17) is 0 Å². The van der Waals surface area contributed by atoms with Gasteiger partial charge in [-0.25, -0.2) is 0 Å². The van der Waals surface area contributed by atoms with Crippen LogP contribution in [0.15, 0.2) is 0 Å². The Hall–Kier alpha value is -0.670. The molecule has 2 rings (SSSR count). The fourth-order valence-corrected chi connectivity index (χ4v) is 2.35. The molecule has 4 heteroatoms. The number of likely N-dealkylation sites (tertiary alicyclic amines) is 1. The van der Waals surface area contributed by atoms with E-state index in [0.717, 1.165) is 19.3 Å². The molecule has 1 aliphatic heterocycles. The van der Waals surface area contributed by atoms with E-state index in [1.807, 2.05) is 0 Å². The van der Waals surface area contributed by atoms with Gasteiger partial charge in [-0.1, -0.05) is 6.42 Å². The highest BCUT2D eigenvalue weighted by Gasteiger charge is 2.45. The molecule has 0 aromatic rings. The van der Waals surface area contributed by atoms with Crippen LogP contribution in [0.2, 0.25) is 0 Å². The fourth-order valence-electron chi connectivity index (χ4n) is 2.35. The summed E-state index contributed by atoms with van der Waals surface area (Å²) in [5, 5.41) is 0. The van der Waals surface area contributed by atoms with Crippen molar-refractivity contribution in [2.75, 3.05) is 13.1 Å². The predicted octanol–water partition coefficient (Wildman–Crippen LogP) is 1.65. The SMILES string of the molecule is O=C(C(F)F)N1CCC2(CCC2)C1. The number of alkyl halides is 2. The van der Waals surface area contributed by atoms with Crippen LogP contribution >= 0.6 is 0 Å². The smallest absolute Gasteiger partial charge is 0.315 e. The molecule has 1 heterocycles. The van der Waals surface area contributed by atoms with Gasteiger partial charge in [0.25, 0.3) is 5.91 Å². The van der Waals surface area contributed by atoms with Crippen LogP contribution in [-0.2, 0) is 4.79 Å². The second-order valence-electron chi connectivity index (χ2n) is 4.16. The molecule has 1 saturated carbocycles. The van der Waals surface area contributed by atoms with E-state index in [1.54, 1.807) is 0 Å². The molecule has 0 unspecified atom stereocenters. The highest BCUT2D eigenvalue weighted by molar-refractivity contribution is 5.79. The molecule has 0 aromatic heterocycles. The van der Waals surface area contributed by atoms with Crippen molar-refractivity contribution >= 4 is 5.91 Å². The summed E-state index contributed by atoms with van der Waals surface area (Å²) in [6.07, 6.45) is 1.51. The molecule has 0 radical (unpaired) electrons. The van der Waals surface area contributed by atoms with Gasteiger partial charge in [0, 0.05) is 13.1 Å². The predicted molar refractivity (Wildman–Crippen MR) is 43.5 cm³/mol. The van der Waals surface area contributed by atoms with Crippen molar-refractivity contribution in [3.8, 4) is 0 Å². The third-order valence-corrected chi connectivity index (χ3v) is 3.35. The summed E-state index contributed by atoms with van der Waals surface area (Å²) in [7, 11) is 0. The summed E-state index contributed by atoms with van der Waals surface area (Å²) < 4.78 is 24.1. The molecule has 1 saturated heterocycles. The van der Waals surface area contributed by atoms with Crippen LogP contribution in [0.1, 0.15) is 25.7 Å². The molecule has 0 bridgehead atoms. The van der Waals surface area contributed by atoms with E-state index in [0.29, 0.717) is 13.1 Å². The highest BCUT2D eigenvalue weighted by Crippen LogP contribution is 2.48. The first kappa shape index (κ1) is 8.91. The topological polar surface area (TPSA) is 20.3 Å². The van der Waals surface area contributed by atoms with Gasteiger partial charge in [0.05, 0.1) is 0 Å². The molecular formula is C9H13F2NO. The average molecular weight is 189 g/mol. The number of carbonyl (C=O) groups excluding carboxylic acids is 1. The number of rotatable bonds is 1. The summed E-state index contributed by atoms with van der Waals surface area (Å²) in [5.74, 6) is -0.983. The first-order chi connectivity index (χ1) is 6.13. The Labute approximate surface area is 75.9 Å². The van der Waals surface area contributed by atoms with Crippen molar-refractivity contribution in [3.63, 3.8) is 0 Å².